The summed E-state index contributed by atoms with van der Waals surface area (Å²) in [7, 11) is -3.90. The summed E-state index contributed by atoms with van der Waals surface area (Å²) in [5.41, 5.74) is 2.49. The maximum atomic E-state index is 11.9. The van der Waals surface area contributed by atoms with Gasteiger partial charge in [0.15, 0.2) is 5.11 Å². The van der Waals surface area contributed by atoms with Gasteiger partial charge in [0.1, 0.15) is 0 Å². The summed E-state index contributed by atoms with van der Waals surface area (Å²) in [6.45, 7) is 3.09. The molecule has 7 nitrogen and oxygen atoms in total. The molecule has 0 aliphatic rings. The Labute approximate surface area is 168 Å². The smallest absolute Gasteiger partial charge is 0.264 e. The van der Waals surface area contributed by atoms with E-state index in [0.717, 1.165) is 18.1 Å². The van der Waals surface area contributed by atoms with Crippen LogP contribution in [0.5, 0.6) is 0 Å². The number of sulfonamides is 1. The molecule has 0 radical (unpaired) electrons. The van der Waals surface area contributed by atoms with Gasteiger partial charge in [-0.15, -0.1) is 0 Å². The number of hydrogen-bond acceptors (Lipinski definition) is 5. The third-order valence-electron chi connectivity index (χ3n) is 3.44. The van der Waals surface area contributed by atoms with Crippen LogP contribution in [0.3, 0.4) is 0 Å². The highest BCUT2D eigenvalue weighted by molar-refractivity contribution is 7.90. The van der Waals surface area contributed by atoms with Crippen LogP contribution in [0.15, 0.2) is 59.5 Å². The van der Waals surface area contributed by atoms with Crippen molar-refractivity contribution in [3.05, 3.63) is 65.7 Å². The summed E-state index contributed by atoms with van der Waals surface area (Å²) >= 11 is 5.07. The second kappa shape index (κ2) is 9.25. The Morgan fingerprint density at radius 2 is 1.61 bits per heavy atom. The Hall–Kier alpha value is -3.04. The number of benzene rings is 2. The lowest BCUT2D eigenvalue weighted by atomic mass is 10.1. The van der Waals surface area contributed by atoms with Crippen molar-refractivity contribution in [1.29, 1.82) is 0 Å². The largest absolute Gasteiger partial charge is 0.332 e. The second-order valence-corrected chi connectivity index (χ2v) is 7.96. The van der Waals surface area contributed by atoms with Gasteiger partial charge < -0.3 is 5.32 Å². The molecule has 2 rings (SSSR count). The molecule has 28 heavy (non-hydrogen) atoms. The zero-order valence-electron chi connectivity index (χ0n) is 15.2. The minimum absolute atomic E-state index is 0.0655. The Bertz CT molecular complexity index is 1010. The van der Waals surface area contributed by atoms with Crippen molar-refractivity contribution in [2.75, 3.05) is 5.32 Å². The van der Waals surface area contributed by atoms with E-state index in [1.165, 1.54) is 30.3 Å². The molecule has 0 fully saturated rings. The second-order valence-electron chi connectivity index (χ2n) is 5.87. The van der Waals surface area contributed by atoms with Gasteiger partial charge in [0.25, 0.3) is 10.0 Å². The van der Waals surface area contributed by atoms with E-state index in [9.17, 15) is 18.0 Å². The van der Waals surface area contributed by atoms with Gasteiger partial charge in [0.2, 0.25) is 11.8 Å². The minimum Gasteiger partial charge on any atom is -0.332 e. The van der Waals surface area contributed by atoms with Crippen LogP contribution in [0.2, 0.25) is 0 Å². The van der Waals surface area contributed by atoms with Crippen LogP contribution in [0.4, 0.5) is 5.69 Å². The maximum absolute atomic E-state index is 11.9. The van der Waals surface area contributed by atoms with E-state index < -0.39 is 21.8 Å². The molecule has 0 aliphatic carbocycles. The maximum Gasteiger partial charge on any atom is 0.264 e. The highest BCUT2D eigenvalue weighted by Gasteiger charge is 2.15. The van der Waals surface area contributed by atoms with Gasteiger partial charge in [-0.2, -0.15) is 0 Å². The highest BCUT2D eigenvalue weighted by Crippen LogP contribution is 2.14. The van der Waals surface area contributed by atoms with Gasteiger partial charge in [0.05, 0.1) is 4.90 Å². The van der Waals surface area contributed by atoms with Gasteiger partial charge in [-0.05, 0) is 55.0 Å². The SMILES string of the molecule is CC(=O)NS(=O)(=O)c1ccc(NC(=S)NC(=O)/C=C/c2ccc(C)cc2)cc1. The van der Waals surface area contributed by atoms with Crippen LogP contribution < -0.4 is 15.4 Å². The third kappa shape index (κ3) is 6.60. The molecule has 0 aromatic heterocycles. The summed E-state index contributed by atoms with van der Waals surface area (Å²) in [5, 5.41) is 5.35. The van der Waals surface area contributed by atoms with Crippen LogP contribution in [-0.4, -0.2) is 25.3 Å². The number of hydrogen-bond donors (Lipinski definition) is 3. The fourth-order valence-corrected chi connectivity index (χ4v) is 3.34. The first-order valence-corrected chi connectivity index (χ1v) is 10.0. The molecular formula is C19H19N3O4S2. The van der Waals surface area contributed by atoms with Crippen molar-refractivity contribution >= 4 is 50.9 Å². The molecule has 2 amide bonds. The molecule has 0 saturated heterocycles. The fourth-order valence-electron chi connectivity index (χ4n) is 2.13. The number of aryl methyl sites for hydroxylation is 1. The zero-order chi connectivity index (χ0) is 20.7. The predicted molar refractivity (Wildman–Crippen MR) is 112 cm³/mol. The van der Waals surface area contributed by atoms with Crippen molar-refractivity contribution in [2.24, 2.45) is 0 Å². The van der Waals surface area contributed by atoms with Gasteiger partial charge in [-0.25, -0.2) is 13.1 Å². The molecule has 9 heteroatoms. The Morgan fingerprint density at radius 1 is 1.00 bits per heavy atom. The molecule has 146 valence electrons. The first kappa shape index (κ1) is 21.3. The number of thiocarbonyl (C=S) groups is 1. The Morgan fingerprint density at radius 3 is 2.18 bits per heavy atom. The number of amides is 2. The monoisotopic (exact) mass is 417 g/mol. The predicted octanol–water partition coefficient (Wildman–Crippen LogP) is 2.35. The van der Waals surface area contributed by atoms with Crippen molar-refractivity contribution in [2.45, 2.75) is 18.7 Å². The summed E-state index contributed by atoms with van der Waals surface area (Å²) < 4.78 is 25.6. The number of anilines is 1. The number of carbonyl (C=O) groups is 2. The van der Waals surface area contributed by atoms with Crippen LogP contribution in [0, 0.1) is 6.92 Å². The average Bonchev–Trinajstić information content (AvgIpc) is 2.60. The number of rotatable bonds is 5. The summed E-state index contributed by atoms with van der Waals surface area (Å²) in [6, 6.07) is 13.2. The topological polar surface area (TPSA) is 104 Å². The third-order valence-corrected chi connectivity index (χ3v) is 5.09. The quantitative estimate of drug-likeness (QED) is 0.510. The molecule has 0 atom stereocenters. The van der Waals surface area contributed by atoms with Crippen molar-refractivity contribution in [3.63, 3.8) is 0 Å². The molecule has 0 bridgehead atoms. The number of carbonyl (C=O) groups excluding carboxylic acids is 2. The van der Waals surface area contributed by atoms with Crippen LogP contribution in [0.1, 0.15) is 18.1 Å². The van der Waals surface area contributed by atoms with Crippen LogP contribution >= 0.6 is 12.2 Å². The van der Waals surface area contributed by atoms with E-state index in [1.807, 2.05) is 35.9 Å². The summed E-state index contributed by atoms with van der Waals surface area (Å²) in [6.07, 6.45) is 3.03. The molecule has 0 saturated carbocycles. The lowest BCUT2D eigenvalue weighted by Crippen LogP contribution is -2.32. The van der Waals surface area contributed by atoms with E-state index in [0.29, 0.717) is 5.69 Å². The lowest BCUT2D eigenvalue weighted by molar-refractivity contribution is -0.117. The fraction of sp³-hybridized carbons (Fsp3) is 0.105. The molecule has 3 N–H and O–H groups in total. The van der Waals surface area contributed by atoms with E-state index in [2.05, 4.69) is 10.6 Å². The molecule has 0 aliphatic heterocycles. The van der Waals surface area contributed by atoms with E-state index in [-0.39, 0.29) is 10.0 Å². The van der Waals surface area contributed by atoms with E-state index in [4.69, 9.17) is 12.2 Å². The lowest BCUT2D eigenvalue weighted by Gasteiger charge is -2.09. The van der Waals surface area contributed by atoms with Gasteiger partial charge in [-0.1, -0.05) is 29.8 Å². The van der Waals surface area contributed by atoms with Gasteiger partial charge >= 0.3 is 0 Å². The highest BCUT2D eigenvalue weighted by atomic mass is 32.2. The molecule has 0 unspecified atom stereocenters. The summed E-state index contributed by atoms with van der Waals surface area (Å²) in [5.74, 6) is -1.08. The summed E-state index contributed by atoms with van der Waals surface area (Å²) in [4.78, 5) is 22.8. The molecular weight excluding hydrogens is 398 g/mol. The zero-order valence-corrected chi connectivity index (χ0v) is 16.9. The number of nitrogens with one attached hydrogen (secondary N) is 3. The first-order valence-electron chi connectivity index (χ1n) is 8.16. The van der Waals surface area contributed by atoms with Crippen LogP contribution in [-0.2, 0) is 19.6 Å². The molecule has 2 aromatic rings. The molecule has 0 heterocycles. The molecule has 0 spiro atoms. The van der Waals surface area contributed by atoms with Crippen molar-refractivity contribution in [3.8, 4) is 0 Å². The van der Waals surface area contributed by atoms with Crippen molar-refractivity contribution in [1.82, 2.24) is 10.0 Å². The Balaban J connectivity index is 1.92. The Kier molecular flexibility index (Phi) is 7.02. The standard InChI is InChI=1S/C19H19N3O4S2/c1-13-3-5-15(6-4-13)7-12-18(24)21-19(27)20-16-8-10-17(11-9-16)28(25,26)22-14(2)23/h3-12H,1-2H3,(H,22,23)(H2,20,21,24,27)/b12-7+. The van der Waals surface area contributed by atoms with E-state index >= 15 is 0 Å². The van der Waals surface area contributed by atoms with Crippen molar-refractivity contribution < 1.29 is 18.0 Å². The van der Waals surface area contributed by atoms with Gasteiger partial charge in [0, 0.05) is 18.7 Å². The molecule has 2 aromatic carbocycles. The van der Waals surface area contributed by atoms with Gasteiger partial charge in [-0.3, -0.25) is 14.9 Å². The van der Waals surface area contributed by atoms with E-state index in [1.54, 1.807) is 6.08 Å². The normalized spacial score (nSPS) is 11.1. The van der Waals surface area contributed by atoms with Crippen LogP contribution in [0.25, 0.3) is 6.08 Å². The average molecular weight is 418 g/mol. The minimum atomic E-state index is -3.90. The first-order chi connectivity index (χ1) is 13.2.